The van der Waals surface area contributed by atoms with Crippen LogP contribution in [0.1, 0.15) is 0 Å². The van der Waals surface area contributed by atoms with Crippen LogP contribution in [0.5, 0.6) is 0 Å². The smallest absolute Gasteiger partial charge is 0.385 e. The van der Waals surface area contributed by atoms with Crippen molar-refractivity contribution in [2.75, 3.05) is 5.32 Å². The normalized spacial score (nSPS) is 11.6. The first kappa shape index (κ1) is 13.7. The predicted octanol–water partition coefficient (Wildman–Crippen LogP) is 4.67. The summed E-state index contributed by atoms with van der Waals surface area (Å²) in [6.45, 7) is 0. The number of rotatable bonds is 3. The number of benzene rings is 2. The third kappa shape index (κ3) is 2.62. The van der Waals surface area contributed by atoms with Crippen LogP contribution in [0.4, 0.5) is 11.7 Å². The topological polar surface area (TPSA) is 55.1 Å². The van der Waals surface area contributed by atoms with E-state index in [1.165, 1.54) is 0 Å². The van der Waals surface area contributed by atoms with Gasteiger partial charge >= 0.3 is 11.6 Å². The Bertz CT molecular complexity index is 1010. The molecule has 1 unspecified atom stereocenters. The molecule has 0 bridgehead atoms. The van der Waals surface area contributed by atoms with E-state index in [2.05, 4.69) is 10.3 Å². The molecule has 112 valence electrons. The summed E-state index contributed by atoms with van der Waals surface area (Å²) in [6, 6.07) is 21.5. The molecule has 4 aromatic rings. The Morgan fingerprint density at radius 1 is 0.913 bits per heavy atom. The van der Waals surface area contributed by atoms with Gasteiger partial charge in [-0.1, -0.05) is 36.4 Å². The van der Waals surface area contributed by atoms with Gasteiger partial charge in [0.1, 0.15) is 10.9 Å². The standard InChI is InChI=1S/C18H12N2O2S/c21-17-16-15(11-12-23(16)14-9-5-2-6-10-14)20-18(22-17)19-13-7-3-1-4-8-13/h1-12H/p+1. The van der Waals surface area contributed by atoms with Crippen molar-refractivity contribution in [2.24, 2.45) is 0 Å². The Labute approximate surface area is 135 Å². The van der Waals surface area contributed by atoms with Gasteiger partial charge in [0.25, 0.3) is 4.70 Å². The zero-order valence-electron chi connectivity index (χ0n) is 12.1. The maximum atomic E-state index is 12.4. The highest BCUT2D eigenvalue weighted by atomic mass is 32.2. The van der Waals surface area contributed by atoms with E-state index in [9.17, 15) is 4.79 Å². The first-order valence-electron chi connectivity index (χ1n) is 7.15. The molecular weight excluding hydrogens is 308 g/mol. The summed E-state index contributed by atoms with van der Waals surface area (Å²) in [7, 11) is -0.409. The van der Waals surface area contributed by atoms with Crippen molar-refractivity contribution in [3.05, 3.63) is 82.5 Å². The van der Waals surface area contributed by atoms with Gasteiger partial charge in [-0.05, 0) is 24.3 Å². The molecular formula is C18H13N2O2S+. The molecule has 0 amide bonds. The molecule has 2 aromatic carbocycles. The van der Waals surface area contributed by atoms with Crippen LogP contribution in [0.15, 0.2) is 81.3 Å². The van der Waals surface area contributed by atoms with E-state index >= 15 is 0 Å². The van der Waals surface area contributed by atoms with Crippen LogP contribution in [-0.2, 0) is 0 Å². The summed E-state index contributed by atoms with van der Waals surface area (Å²) >= 11 is 0. The minimum absolute atomic E-state index is 0.211. The monoisotopic (exact) mass is 321 g/mol. The van der Waals surface area contributed by atoms with Crippen LogP contribution in [0.25, 0.3) is 15.1 Å². The molecule has 0 saturated heterocycles. The first-order valence-corrected chi connectivity index (χ1v) is 8.43. The number of fused-ring (bicyclic) bond motifs is 1. The minimum Gasteiger partial charge on any atom is -0.385 e. The van der Waals surface area contributed by atoms with E-state index in [-0.39, 0.29) is 11.6 Å². The summed E-state index contributed by atoms with van der Waals surface area (Å²) < 4.78 is 5.99. The number of hydrogen-bond acceptors (Lipinski definition) is 4. The summed E-state index contributed by atoms with van der Waals surface area (Å²) in [6.07, 6.45) is 0. The predicted molar refractivity (Wildman–Crippen MR) is 93.8 cm³/mol. The molecule has 0 aliphatic heterocycles. The SMILES string of the molecule is O=c1oc(Nc2ccccc2)nc2cc[s+](-c3ccccc3)c12. The van der Waals surface area contributed by atoms with Gasteiger partial charge in [0.2, 0.25) is 0 Å². The number of hydrogen-bond donors (Lipinski definition) is 1. The number of thiophene rings is 1. The maximum absolute atomic E-state index is 12.4. The summed E-state index contributed by atoms with van der Waals surface area (Å²) in [5.41, 5.74) is 1.16. The van der Waals surface area contributed by atoms with Crippen molar-refractivity contribution in [2.45, 2.75) is 0 Å². The van der Waals surface area contributed by atoms with Crippen LogP contribution < -0.4 is 10.9 Å². The third-order valence-electron chi connectivity index (χ3n) is 3.43. The fourth-order valence-electron chi connectivity index (χ4n) is 2.40. The van der Waals surface area contributed by atoms with E-state index in [0.29, 0.717) is 10.2 Å². The number of nitrogens with zero attached hydrogens (tertiary/aromatic N) is 1. The van der Waals surface area contributed by atoms with Gasteiger partial charge in [0.15, 0.2) is 4.90 Å². The molecule has 0 radical (unpaired) electrons. The second-order valence-electron chi connectivity index (χ2n) is 4.97. The Morgan fingerprint density at radius 2 is 1.61 bits per heavy atom. The Hall–Kier alpha value is -2.92. The van der Waals surface area contributed by atoms with Crippen molar-refractivity contribution < 1.29 is 4.42 Å². The molecule has 1 N–H and O–H groups in total. The highest BCUT2D eigenvalue weighted by Crippen LogP contribution is 2.37. The Kier molecular flexibility index (Phi) is 3.40. The van der Waals surface area contributed by atoms with Gasteiger partial charge in [0, 0.05) is 22.2 Å². The Balaban J connectivity index is 1.80. The van der Waals surface area contributed by atoms with Gasteiger partial charge in [-0.25, -0.2) is 4.79 Å². The molecule has 0 aliphatic rings. The lowest BCUT2D eigenvalue weighted by Gasteiger charge is -2.02. The van der Waals surface area contributed by atoms with Crippen LogP contribution in [0.3, 0.4) is 0 Å². The van der Waals surface area contributed by atoms with Crippen LogP contribution in [0, 0.1) is 0 Å². The van der Waals surface area contributed by atoms with Gasteiger partial charge < -0.3 is 9.73 Å². The average molecular weight is 321 g/mol. The van der Waals surface area contributed by atoms with Crippen LogP contribution in [0.2, 0.25) is 0 Å². The van der Waals surface area contributed by atoms with E-state index in [1.54, 1.807) is 0 Å². The Morgan fingerprint density at radius 3 is 2.35 bits per heavy atom. The number of aromatic nitrogens is 1. The van der Waals surface area contributed by atoms with E-state index in [1.807, 2.05) is 72.1 Å². The molecule has 23 heavy (non-hydrogen) atoms. The van der Waals surface area contributed by atoms with Crippen LogP contribution in [-0.4, -0.2) is 4.98 Å². The lowest BCUT2D eigenvalue weighted by Crippen LogP contribution is -2.03. The average Bonchev–Trinajstić information content (AvgIpc) is 3.01. The quantitative estimate of drug-likeness (QED) is 0.557. The molecule has 2 aromatic heterocycles. The molecule has 5 heteroatoms. The van der Waals surface area contributed by atoms with Crippen molar-refractivity contribution in [1.82, 2.24) is 4.98 Å². The molecule has 4 rings (SSSR count). The number of para-hydroxylation sites is 1. The van der Waals surface area contributed by atoms with Gasteiger partial charge in [-0.15, -0.1) is 0 Å². The summed E-state index contributed by atoms with van der Waals surface area (Å²) in [5.74, 6) is 0. The van der Waals surface area contributed by atoms with Crippen molar-refractivity contribution in [3.8, 4) is 4.90 Å². The molecule has 0 aliphatic carbocycles. The summed E-state index contributed by atoms with van der Waals surface area (Å²) in [5, 5.41) is 5.03. The molecule has 0 fully saturated rings. The maximum Gasteiger partial charge on any atom is 0.402 e. The molecule has 4 nitrogen and oxygen atoms in total. The minimum atomic E-state index is -0.409. The van der Waals surface area contributed by atoms with E-state index in [4.69, 9.17) is 4.42 Å². The first-order chi connectivity index (χ1) is 11.3. The van der Waals surface area contributed by atoms with Crippen molar-refractivity contribution >= 4 is 32.4 Å². The molecule has 2 heterocycles. The lowest BCUT2D eigenvalue weighted by molar-refractivity contribution is 0.523. The largest absolute Gasteiger partial charge is 0.402 e. The van der Waals surface area contributed by atoms with Crippen LogP contribution >= 0.6 is 10.5 Å². The van der Waals surface area contributed by atoms with Crippen molar-refractivity contribution in [3.63, 3.8) is 0 Å². The highest BCUT2D eigenvalue weighted by molar-refractivity contribution is 7.43. The molecule has 0 spiro atoms. The second-order valence-corrected chi connectivity index (χ2v) is 6.79. The fourth-order valence-corrected chi connectivity index (χ4v) is 4.20. The number of anilines is 2. The van der Waals surface area contributed by atoms with Gasteiger partial charge in [-0.2, -0.15) is 4.98 Å². The zero-order chi connectivity index (χ0) is 15.6. The second kappa shape index (κ2) is 5.70. The number of nitrogens with one attached hydrogen (secondary N) is 1. The van der Waals surface area contributed by atoms with E-state index in [0.717, 1.165) is 10.6 Å². The molecule has 1 atom stereocenters. The summed E-state index contributed by atoms with van der Waals surface area (Å²) in [4.78, 5) is 17.9. The van der Waals surface area contributed by atoms with Gasteiger partial charge in [0.05, 0.1) is 0 Å². The highest BCUT2D eigenvalue weighted by Gasteiger charge is 2.22. The van der Waals surface area contributed by atoms with Gasteiger partial charge in [-0.3, -0.25) is 0 Å². The fraction of sp³-hybridized carbons (Fsp3) is 0. The van der Waals surface area contributed by atoms with Crippen molar-refractivity contribution in [1.29, 1.82) is 0 Å². The molecule has 0 saturated carbocycles. The lowest BCUT2D eigenvalue weighted by atomic mass is 10.3. The zero-order valence-corrected chi connectivity index (χ0v) is 12.9. The van der Waals surface area contributed by atoms with E-state index < -0.39 is 10.5 Å². The third-order valence-corrected chi connectivity index (χ3v) is 5.44.